The summed E-state index contributed by atoms with van der Waals surface area (Å²) in [4.78, 5) is 12.6. The fourth-order valence-corrected chi connectivity index (χ4v) is 2.85. The molecule has 0 radical (unpaired) electrons. The summed E-state index contributed by atoms with van der Waals surface area (Å²) in [5.41, 5.74) is 1.66. The van der Waals surface area contributed by atoms with Gasteiger partial charge in [0.15, 0.2) is 5.52 Å². The molecule has 0 amide bonds. The van der Waals surface area contributed by atoms with E-state index in [4.69, 9.17) is 11.6 Å². The molecule has 2 aromatic heterocycles. The van der Waals surface area contributed by atoms with Crippen LogP contribution in [0.15, 0.2) is 65.7 Å². The lowest BCUT2D eigenvalue weighted by Gasteiger charge is -2.01. The predicted molar refractivity (Wildman–Crippen MR) is 78.9 cm³/mol. The van der Waals surface area contributed by atoms with Gasteiger partial charge < -0.3 is 0 Å². The van der Waals surface area contributed by atoms with E-state index in [1.807, 2.05) is 54.7 Å². The van der Waals surface area contributed by atoms with E-state index in [0.717, 1.165) is 22.0 Å². The molecule has 2 aromatic carbocycles. The van der Waals surface area contributed by atoms with Gasteiger partial charge in [0.25, 0.3) is 0 Å². The first-order chi connectivity index (χ1) is 9.74. The van der Waals surface area contributed by atoms with E-state index in [9.17, 15) is 4.79 Å². The molecule has 3 nitrogen and oxygen atoms in total. The van der Waals surface area contributed by atoms with Crippen LogP contribution in [0.3, 0.4) is 0 Å². The molecule has 0 bridgehead atoms. The van der Waals surface area contributed by atoms with Crippen LogP contribution in [-0.4, -0.2) is 4.40 Å². The average Bonchev–Trinajstić information content (AvgIpc) is 2.88. The van der Waals surface area contributed by atoms with Crippen LogP contribution in [0.1, 0.15) is 0 Å². The Hall–Kier alpha value is -2.39. The highest BCUT2D eigenvalue weighted by molar-refractivity contribution is 6.32. The molecule has 0 spiro atoms. The van der Waals surface area contributed by atoms with Crippen molar-refractivity contribution in [1.29, 1.82) is 0 Å². The molecule has 0 aliphatic heterocycles. The van der Waals surface area contributed by atoms with Gasteiger partial charge in [-0.3, -0.25) is 0 Å². The summed E-state index contributed by atoms with van der Waals surface area (Å²) >= 11 is 6.13. The van der Waals surface area contributed by atoms with Gasteiger partial charge in [0.05, 0.1) is 5.39 Å². The van der Waals surface area contributed by atoms with Crippen molar-refractivity contribution in [1.82, 2.24) is 4.40 Å². The lowest BCUT2D eigenvalue weighted by Crippen LogP contribution is -2.50. The third kappa shape index (κ3) is 1.53. The zero-order valence-corrected chi connectivity index (χ0v) is 11.2. The van der Waals surface area contributed by atoms with Crippen LogP contribution < -0.4 is 10.3 Å². The van der Waals surface area contributed by atoms with Crippen molar-refractivity contribution in [2.45, 2.75) is 0 Å². The van der Waals surface area contributed by atoms with Gasteiger partial charge in [-0.05, 0) is 30.3 Å². The highest BCUT2D eigenvalue weighted by Crippen LogP contribution is 2.24. The van der Waals surface area contributed by atoms with Crippen molar-refractivity contribution in [3.05, 3.63) is 76.4 Å². The second kappa shape index (κ2) is 4.05. The zero-order valence-electron chi connectivity index (χ0n) is 10.5. The summed E-state index contributed by atoms with van der Waals surface area (Å²) in [5.74, 6) is 0. The lowest BCUT2D eigenvalue weighted by atomic mass is 10.2. The third-order valence-electron chi connectivity index (χ3n) is 3.49. The maximum absolute atomic E-state index is 12.6. The van der Waals surface area contributed by atoms with E-state index in [-0.39, 0.29) is 5.69 Å². The third-order valence-corrected chi connectivity index (χ3v) is 3.71. The van der Waals surface area contributed by atoms with Crippen molar-refractivity contribution >= 4 is 27.9 Å². The molecule has 0 fully saturated rings. The standard InChI is InChI=1S/C16H10ClN2O/c17-13-8-11-6-7-18-15(11)12(9-13)10-19(16(18)20)14-4-2-1-3-5-14/h1-10H/q+1. The van der Waals surface area contributed by atoms with Crippen molar-refractivity contribution in [3.63, 3.8) is 0 Å². The van der Waals surface area contributed by atoms with Gasteiger partial charge in [-0.2, -0.15) is 13.8 Å². The van der Waals surface area contributed by atoms with Crippen LogP contribution in [-0.2, 0) is 0 Å². The van der Waals surface area contributed by atoms with E-state index in [0.29, 0.717) is 5.02 Å². The fourth-order valence-electron chi connectivity index (χ4n) is 2.62. The summed E-state index contributed by atoms with van der Waals surface area (Å²) in [6, 6.07) is 15.2. The molecule has 0 N–H and O–H groups in total. The minimum atomic E-state index is -0.0824. The number of halogens is 1. The number of para-hydroxylation sites is 1. The monoisotopic (exact) mass is 281 g/mol. The van der Waals surface area contributed by atoms with Gasteiger partial charge in [-0.25, -0.2) is 0 Å². The van der Waals surface area contributed by atoms with Gasteiger partial charge >= 0.3 is 5.69 Å². The summed E-state index contributed by atoms with van der Waals surface area (Å²) in [7, 11) is 0. The Morgan fingerprint density at radius 3 is 2.55 bits per heavy atom. The van der Waals surface area contributed by atoms with Gasteiger partial charge in [-0.15, -0.1) is 0 Å². The molecule has 0 aliphatic rings. The molecule has 96 valence electrons. The molecule has 2 heterocycles. The molecule has 0 saturated heterocycles. The van der Waals surface area contributed by atoms with Crippen molar-refractivity contribution < 1.29 is 4.57 Å². The van der Waals surface area contributed by atoms with Crippen LogP contribution in [0.5, 0.6) is 0 Å². The van der Waals surface area contributed by atoms with Crippen LogP contribution in [0.25, 0.3) is 22.0 Å². The molecule has 0 atom stereocenters. The summed E-state index contributed by atoms with van der Waals surface area (Å²) < 4.78 is 3.30. The number of aromatic nitrogens is 2. The maximum Gasteiger partial charge on any atom is 0.508 e. The summed E-state index contributed by atoms with van der Waals surface area (Å²) in [6.45, 7) is 0. The van der Waals surface area contributed by atoms with Crippen molar-refractivity contribution in [2.75, 3.05) is 0 Å². The molecule has 4 aromatic rings. The minimum Gasteiger partial charge on any atom is -0.196 e. The summed E-state index contributed by atoms with van der Waals surface area (Å²) in [6.07, 6.45) is 3.63. The molecule has 0 unspecified atom stereocenters. The minimum absolute atomic E-state index is 0.0824. The molecular weight excluding hydrogens is 272 g/mol. The largest absolute Gasteiger partial charge is 0.508 e. The van der Waals surface area contributed by atoms with E-state index < -0.39 is 0 Å². The SMILES string of the molecule is O=c1n2ccc3cc(Cl)cc(c[n+]1-c1ccccc1)c32. The first kappa shape index (κ1) is 11.4. The van der Waals surface area contributed by atoms with Crippen LogP contribution in [0, 0.1) is 0 Å². The van der Waals surface area contributed by atoms with Gasteiger partial charge in [0, 0.05) is 10.4 Å². The Labute approximate surface area is 119 Å². The first-order valence-electron chi connectivity index (χ1n) is 6.28. The number of hydrogen-bond acceptors (Lipinski definition) is 1. The van der Waals surface area contributed by atoms with E-state index in [1.165, 1.54) is 0 Å². The smallest absolute Gasteiger partial charge is 0.196 e. The topological polar surface area (TPSA) is 25.4 Å². The highest BCUT2D eigenvalue weighted by Gasteiger charge is 2.18. The molecule has 4 rings (SSSR count). The Kier molecular flexibility index (Phi) is 2.32. The van der Waals surface area contributed by atoms with E-state index in [1.54, 1.807) is 15.2 Å². The van der Waals surface area contributed by atoms with Crippen LogP contribution in [0.2, 0.25) is 5.02 Å². The Morgan fingerprint density at radius 1 is 1.00 bits per heavy atom. The molecule has 4 heteroatoms. The van der Waals surface area contributed by atoms with Crippen LogP contribution in [0.4, 0.5) is 0 Å². The average molecular weight is 282 g/mol. The Balaban J connectivity index is 2.18. The maximum atomic E-state index is 12.6. The van der Waals surface area contributed by atoms with Gasteiger partial charge in [0.2, 0.25) is 0 Å². The fraction of sp³-hybridized carbons (Fsp3) is 0. The van der Waals surface area contributed by atoms with Crippen molar-refractivity contribution in [3.8, 4) is 5.69 Å². The zero-order chi connectivity index (χ0) is 13.7. The van der Waals surface area contributed by atoms with Crippen molar-refractivity contribution in [2.24, 2.45) is 0 Å². The first-order valence-corrected chi connectivity index (χ1v) is 6.66. The molecule has 0 aliphatic carbocycles. The normalized spacial score (nSPS) is 11.4. The summed E-state index contributed by atoms with van der Waals surface area (Å²) in [5, 5.41) is 2.59. The molecule has 20 heavy (non-hydrogen) atoms. The predicted octanol–water partition coefficient (Wildman–Crippen LogP) is 2.82. The Morgan fingerprint density at radius 2 is 1.75 bits per heavy atom. The van der Waals surface area contributed by atoms with E-state index in [2.05, 4.69) is 0 Å². The highest BCUT2D eigenvalue weighted by atomic mass is 35.5. The van der Waals surface area contributed by atoms with E-state index >= 15 is 0 Å². The number of nitrogens with zero attached hydrogens (tertiary/aromatic N) is 2. The number of rotatable bonds is 1. The quantitative estimate of drug-likeness (QED) is 0.493. The molecule has 0 saturated carbocycles. The van der Waals surface area contributed by atoms with Gasteiger partial charge in [0.1, 0.15) is 18.1 Å². The second-order valence-corrected chi connectivity index (χ2v) is 5.17. The Bertz CT molecular complexity index is 976. The van der Waals surface area contributed by atoms with Gasteiger partial charge in [-0.1, -0.05) is 29.8 Å². The number of hydrogen-bond donors (Lipinski definition) is 0. The van der Waals surface area contributed by atoms with Crippen LogP contribution >= 0.6 is 11.6 Å². The molecular formula is C16H10ClN2O+. The lowest BCUT2D eigenvalue weighted by molar-refractivity contribution is -0.614. The number of benzene rings is 2. The second-order valence-electron chi connectivity index (χ2n) is 4.74.